The van der Waals surface area contributed by atoms with E-state index < -0.39 is 17.8 Å². The second-order valence-corrected chi connectivity index (χ2v) is 4.72. The molecule has 1 aromatic carbocycles. The first kappa shape index (κ1) is 17.2. The van der Waals surface area contributed by atoms with Crippen molar-refractivity contribution in [3.05, 3.63) is 41.7 Å². The van der Waals surface area contributed by atoms with Crippen LogP contribution in [0, 0.1) is 5.82 Å². The third kappa shape index (κ3) is 5.95. The van der Waals surface area contributed by atoms with Crippen molar-refractivity contribution in [1.82, 2.24) is 0 Å². The molecule has 0 N–H and O–H groups in total. The van der Waals surface area contributed by atoms with Crippen molar-refractivity contribution in [1.29, 1.82) is 0 Å². The van der Waals surface area contributed by atoms with Gasteiger partial charge in [0.1, 0.15) is 6.10 Å². The number of esters is 2. The molecule has 0 amide bonds. The van der Waals surface area contributed by atoms with E-state index in [-0.39, 0.29) is 36.1 Å². The monoisotopic (exact) mass is 314 g/mol. The van der Waals surface area contributed by atoms with Crippen molar-refractivity contribution in [3.63, 3.8) is 0 Å². The van der Waals surface area contributed by atoms with Crippen molar-refractivity contribution in [2.75, 3.05) is 0 Å². The highest BCUT2D eigenvalue weighted by atomic mass is 35.5. The second-order valence-electron chi connectivity index (χ2n) is 4.31. The molecule has 0 fully saturated rings. The van der Waals surface area contributed by atoms with Gasteiger partial charge < -0.3 is 9.47 Å². The summed E-state index contributed by atoms with van der Waals surface area (Å²) in [4.78, 5) is 22.9. The largest absolute Gasteiger partial charge is 0.458 e. The van der Waals surface area contributed by atoms with Crippen molar-refractivity contribution < 1.29 is 23.5 Å². The van der Waals surface area contributed by atoms with Crippen molar-refractivity contribution >= 4 is 23.5 Å². The van der Waals surface area contributed by atoms with Crippen molar-refractivity contribution in [3.8, 4) is 5.75 Å². The molecule has 6 heteroatoms. The fraction of sp³-hybridized carbons (Fsp3) is 0.333. The minimum atomic E-state index is -0.713. The lowest BCUT2D eigenvalue weighted by Crippen LogP contribution is -2.14. The Labute approximate surface area is 127 Å². The molecular formula is C15H16ClFO4. The van der Waals surface area contributed by atoms with E-state index >= 15 is 0 Å². The van der Waals surface area contributed by atoms with Crippen LogP contribution in [-0.4, -0.2) is 18.0 Å². The molecule has 0 aromatic heterocycles. The molecule has 0 bridgehead atoms. The molecule has 4 nitrogen and oxygen atoms in total. The number of rotatable bonds is 7. The van der Waals surface area contributed by atoms with Gasteiger partial charge >= 0.3 is 11.9 Å². The van der Waals surface area contributed by atoms with Crippen LogP contribution in [0.2, 0.25) is 5.02 Å². The lowest BCUT2D eigenvalue weighted by molar-refractivity contribution is -0.146. The minimum absolute atomic E-state index is 0.0163. The SMILES string of the molecule is C=CC(C)OC(=O)CCCC(=O)Oc1c(F)cccc1Cl. The molecule has 0 radical (unpaired) electrons. The molecule has 0 saturated heterocycles. The number of ether oxygens (including phenoxy) is 2. The lowest BCUT2D eigenvalue weighted by atomic mass is 10.2. The molecule has 1 aromatic rings. The number of benzene rings is 1. The topological polar surface area (TPSA) is 52.6 Å². The van der Waals surface area contributed by atoms with Crippen LogP contribution in [0.25, 0.3) is 0 Å². The summed E-state index contributed by atoms with van der Waals surface area (Å²) in [7, 11) is 0. The predicted octanol–water partition coefficient (Wildman–Crippen LogP) is 3.67. The second kappa shape index (κ2) is 8.42. The lowest BCUT2D eigenvalue weighted by Gasteiger charge is -2.09. The average Bonchev–Trinajstić information content (AvgIpc) is 2.43. The Morgan fingerprint density at radius 1 is 1.38 bits per heavy atom. The van der Waals surface area contributed by atoms with Gasteiger partial charge in [0.05, 0.1) is 5.02 Å². The Morgan fingerprint density at radius 2 is 2.05 bits per heavy atom. The fourth-order valence-electron chi connectivity index (χ4n) is 1.44. The molecule has 0 aliphatic carbocycles. The number of carbonyl (C=O) groups is 2. The van der Waals surface area contributed by atoms with Crippen LogP contribution in [0.3, 0.4) is 0 Å². The summed E-state index contributed by atoms with van der Waals surface area (Å²) in [6.45, 7) is 5.17. The van der Waals surface area contributed by atoms with Gasteiger partial charge in [-0.2, -0.15) is 0 Å². The summed E-state index contributed by atoms with van der Waals surface area (Å²) in [5.41, 5.74) is 0. The van der Waals surface area contributed by atoms with Crippen LogP contribution in [0.5, 0.6) is 5.75 Å². The van der Waals surface area contributed by atoms with E-state index in [9.17, 15) is 14.0 Å². The van der Waals surface area contributed by atoms with E-state index in [0.717, 1.165) is 6.07 Å². The van der Waals surface area contributed by atoms with Crippen LogP contribution in [0.15, 0.2) is 30.9 Å². The quantitative estimate of drug-likeness (QED) is 0.438. The van der Waals surface area contributed by atoms with Gasteiger partial charge in [-0.15, -0.1) is 0 Å². The van der Waals surface area contributed by atoms with Gasteiger partial charge in [0, 0.05) is 12.8 Å². The van der Waals surface area contributed by atoms with Gasteiger partial charge in [0.2, 0.25) is 0 Å². The maximum absolute atomic E-state index is 13.4. The van der Waals surface area contributed by atoms with Gasteiger partial charge in [-0.05, 0) is 25.5 Å². The summed E-state index contributed by atoms with van der Waals surface area (Å²) in [5, 5.41) is 0.0163. The van der Waals surface area contributed by atoms with Gasteiger partial charge in [-0.3, -0.25) is 9.59 Å². The number of carbonyl (C=O) groups excluding carboxylic acids is 2. The van der Waals surface area contributed by atoms with Gasteiger partial charge in [0.25, 0.3) is 0 Å². The highest BCUT2D eigenvalue weighted by Gasteiger charge is 2.14. The number of hydrogen-bond acceptors (Lipinski definition) is 4. The Bertz CT molecular complexity index is 510. The molecule has 0 spiro atoms. The van der Waals surface area contributed by atoms with Gasteiger partial charge in [0.15, 0.2) is 11.6 Å². The highest BCUT2D eigenvalue weighted by molar-refractivity contribution is 6.32. The van der Waals surface area contributed by atoms with E-state index in [2.05, 4.69) is 6.58 Å². The van der Waals surface area contributed by atoms with Gasteiger partial charge in [-0.25, -0.2) is 4.39 Å². The zero-order valence-electron chi connectivity index (χ0n) is 11.6. The van der Waals surface area contributed by atoms with E-state index in [1.54, 1.807) is 6.92 Å². The first-order valence-electron chi connectivity index (χ1n) is 6.40. The van der Waals surface area contributed by atoms with Crippen LogP contribution < -0.4 is 4.74 Å². The van der Waals surface area contributed by atoms with E-state index in [1.807, 2.05) is 0 Å². The standard InChI is InChI=1S/C15H16ClFO4/c1-3-10(2)20-13(18)8-5-9-14(19)21-15-11(16)6-4-7-12(15)17/h3-4,6-7,10H,1,5,8-9H2,2H3. The third-order valence-electron chi connectivity index (χ3n) is 2.55. The molecule has 1 atom stereocenters. The molecule has 1 rings (SSSR count). The molecule has 0 heterocycles. The molecule has 0 saturated carbocycles. The predicted molar refractivity (Wildman–Crippen MR) is 76.6 cm³/mol. The van der Waals surface area contributed by atoms with Crippen LogP contribution in [0.1, 0.15) is 26.2 Å². The first-order chi connectivity index (χ1) is 9.93. The third-order valence-corrected chi connectivity index (χ3v) is 2.84. The Hall–Kier alpha value is -1.88. The summed E-state index contributed by atoms with van der Waals surface area (Å²) in [6, 6.07) is 3.97. The van der Waals surface area contributed by atoms with Gasteiger partial charge in [-0.1, -0.05) is 30.3 Å². The minimum Gasteiger partial charge on any atom is -0.458 e. The molecule has 1 unspecified atom stereocenters. The summed E-state index contributed by atoms with van der Waals surface area (Å²) in [5.74, 6) is -2.10. The van der Waals surface area contributed by atoms with Crippen molar-refractivity contribution in [2.24, 2.45) is 0 Å². The van der Waals surface area contributed by atoms with Crippen LogP contribution in [0.4, 0.5) is 4.39 Å². The van der Waals surface area contributed by atoms with E-state index in [1.165, 1.54) is 18.2 Å². The molecular weight excluding hydrogens is 299 g/mol. The highest BCUT2D eigenvalue weighted by Crippen LogP contribution is 2.27. The average molecular weight is 315 g/mol. The number of halogens is 2. The first-order valence-corrected chi connectivity index (χ1v) is 6.78. The number of para-hydroxylation sites is 1. The van der Waals surface area contributed by atoms with E-state index in [0.29, 0.717) is 0 Å². The zero-order chi connectivity index (χ0) is 15.8. The fourth-order valence-corrected chi connectivity index (χ4v) is 1.64. The summed E-state index contributed by atoms with van der Waals surface area (Å²) >= 11 is 5.73. The summed E-state index contributed by atoms with van der Waals surface area (Å²) < 4.78 is 23.2. The molecule has 21 heavy (non-hydrogen) atoms. The number of hydrogen-bond donors (Lipinski definition) is 0. The zero-order valence-corrected chi connectivity index (χ0v) is 12.4. The molecule has 114 valence electrons. The van der Waals surface area contributed by atoms with Crippen LogP contribution in [-0.2, 0) is 14.3 Å². The molecule has 0 aliphatic rings. The van der Waals surface area contributed by atoms with E-state index in [4.69, 9.17) is 21.1 Å². The Balaban J connectivity index is 2.38. The molecule has 0 aliphatic heterocycles. The maximum Gasteiger partial charge on any atom is 0.311 e. The summed E-state index contributed by atoms with van der Waals surface area (Å²) in [6.07, 6.45) is 1.39. The normalized spacial score (nSPS) is 11.6. The maximum atomic E-state index is 13.4. The van der Waals surface area contributed by atoms with Crippen molar-refractivity contribution in [2.45, 2.75) is 32.3 Å². The Kier molecular flexibility index (Phi) is 6.88. The Morgan fingerprint density at radius 3 is 2.67 bits per heavy atom. The van der Waals surface area contributed by atoms with Crippen LogP contribution >= 0.6 is 11.6 Å². The smallest absolute Gasteiger partial charge is 0.311 e.